The van der Waals surface area contributed by atoms with Crippen molar-refractivity contribution in [3.8, 4) is 17.9 Å². The summed E-state index contributed by atoms with van der Waals surface area (Å²) in [5, 5.41) is 23.6. The number of nitrogens with zero attached hydrogens (tertiary/aromatic N) is 4. The molecule has 0 saturated carbocycles. The van der Waals surface area contributed by atoms with Crippen molar-refractivity contribution in [1.29, 1.82) is 15.8 Å². The van der Waals surface area contributed by atoms with E-state index in [1.807, 2.05) is 0 Å². The zero-order valence-corrected chi connectivity index (χ0v) is 10.9. The zero-order chi connectivity index (χ0) is 13.1. The van der Waals surface area contributed by atoms with Crippen LogP contribution in [0.2, 0.25) is 0 Å². The summed E-state index contributed by atoms with van der Waals surface area (Å²) in [5.41, 5.74) is 0. The summed E-state index contributed by atoms with van der Waals surface area (Å²) in [7, 11) is 2.41. The van der Waals surface area contributed by atoms with Gasteiger partial charge in [0.25, 0.3) is 6.71 Å². The quantitative estimate of drug-likeness (QED) is 0.545. The molecule has 0 N–H and O–H groups in total. The Morgan fingerprint density at radius 2 is 1.53 bits per heavy atom. The molecule has 0 aromatic rings. The van der Waals surface area contributed by atoms with Crippen molar-refractivity contribution in [1.82, 2.24) is 0 Å². The minimum atomic E-state index is -1.79. The SMILES string of the molecule is CCCC[N+]1(C)CCCC1.N#C[BH-](C#N)C#N. The van der Waals surface area contributed by atoms with E-state index in [4.69, 9.17) is 15.8 Å². The molecule has 1 aliphatic rings. The van der Waals surface area contributed by atoms with E-state index in [-0.39, 0.29) is 0 Å². The molecule has 1 saturated heterocycles. The van der Waals surface area contributed by atoms with Crippen molar-refractivity contribution in [3.63, 3.8) is 0 Å². The summed E-state index contributed by atoms with van der Waals surface area (Å²) in [6.45, 7) is 4.76. The monoisotopic (exact) mass is 232 g/mol. The molecule has 92 valence electrons. The number of unbranched alkanes of at least 4 members (excludes halogenated alkanes) is 1. The Kier molecular flexibility index (Phi) is 7.86. The van der Waals surface area contributed by atoms with Gasteiger partial charge in [-0.15, -0.1) is 17.9 Å². The lowest BCUT2D eigenvalue weighted by molar-refractivity contribution is -0.897. The molecular formula is C12H21BN4. The van der Waals surface area contributed by atoms with Crippen molar-refractivity contribution in [3.05, 3.63) is 0 Å². The molecule has 0 aliphatic carbocycles. The molecule has 1 aliphatic heterocycles. The molecule has 0 aromatic carbocycles. The van der Waals surface area contributed by atoms with Crippen LogP contribution in [0.25, 0.3) is 0 Å². The summed E-state index contributed by atoms with van der Waals surface area (Å²) in [4.78, 5) is 0. The summed E-state index contributed by atoms with van der Waals surface area (Å²) in [6.07, 6.45) is 5.69. The van der Waals surface area contributed by atoms with Gasteiger partial charge < -0.3 is 4.48 Å². The number of likely N-dealkylation sites (tertiary alicyclic amines) is 1. The molecular weight excluding hydrogens is 211 g/mol. The molecule has 0 amide bonds. The van der Waals surface area contributed by atoms with Gasteiger partial charge in [-0.05, 0) is 6.42 Å². The fourth-order valence-electron chi connectivity index (χ4n) is 1.97. The van der Waals surface area contributed by atoms with Crippen LogP contribution in [-0.2, 0) is 0 Å². The van der Waals surface area contributed by atoms with Crippen LogP contribution in [0.15, 0.2) is 0 Å². The van der Waals surface area contributed by atoms with Crippen LogP contribution >= 0.6 is 0 Å². The third kappa shape index (κ3) is 6.62. The maximum atomic E-state index is 7.87. The second kappa shape index (κ2) is 8.62. The van der Waals surface area contributed by atoms with Crippen LogP contribution < -0.4 is 0 Å². The molecule has 1 fully saturated rings. The van der Waals surface area contributed by atoms with Gasteiger partial charge in [0, 0.05) is 12.8 Å². The predicted octanol–water partition coefficient (Wildman–Crippen LogP) is 1.43. The van der Waals surface area contributed by atoms with E-state index >= 15 is 0 Å². The second-order valence-corrected chi connectivity index (χ2v) is 4.86. The lowest BCUT2D eigenvalue weighted by atomic mass is 9.55. The Morgan fingerprint density at radius 1 is 1.06 bits per heavy atom. The predicted molar refractivity (Wildman–Crippen MR) is 68.9 cm³/mol. The van der Waals surface area contributed by atoms with Gasteiger partial charge in [-0.3, -0.25) is 0 Å². The molecule has 0 atom stereocenters. The van der Waals surface area contributed by atoms with Gasteiger partial charge in [0.05, 0.1) is 26.7 Å². The number of nitriles is 3. The summed E-state index contributed by atoms with van der Waals surface area (Å²) in [5.74, 6) is 4.69. The standard InChI is InChI=1S/C9H20N.C3HBN3/c1-3-4-7-10(2)8-5-6-9-10;5-1-4(2-6)3-7/h3-9H2,1-2H3;4H/q+1;-1. The topological polar surface area (TPSA) is 71.4 Å². The highest BCUT2D eigenvalue weighted by atomic mass is 15.3. The van der Waals surface area contributed by atoms with Gasteiger partial charge in [-0.2, -0.15) is 0 Å². The van der Waals surface area contributed by atoms with Gasteiger partial charge in [0.15, 0.2) is 0 Å². The van der Waals surface area contributed by atoms with E-state index in [9.17, 15) is 0 Å². The molecule has 4 nitrogen and oxygen atoms in total. The third-order valence-corrected chi connectivity index (χ3v) is 3.17. The summed E-state index contributed by atoms with van der Waals surface area (Å²) < 4.78 is 1.36. The van der Waals surface area contributed by atoms with Crippen LogP contribution in [0.5, 0.6) is 0 Å². The van der Waals surface area contributed by atoms with E-state index in [2.05, 4.69) is 14.0 Å². The summed E-state index contributed by atoms with van der Waals surface area (Å²) >= 11 is 0. The average Bonchev–Trinajstić information content (AvgIpc) is 2.77. The van der Waals surface area contributed by atoms with Crippen molar-refractivity contribution in [2.45, 2.75) is 32.6 Å². The molecule has 0 bridgehead atoms. The highest BCUT2D eigenvalue weighted by Gasteiger charge is 2.25. The van der Waals surface area contributed by atoms with Crippen LogP contribution in [0, 0.1) is 33.7 Å². The van der Waals surface area contributed by atoms with Gasteiger partial charge in [-0.1, -0.05) is 13.3 Å². The number of quaternary nitrogens is 1. The lowest BCUT2D eigenvalue weighted by Gasteiger charge is -2.28. The van der Waals surface area contributed by atoms with Crippen LogP contribution in [0.3, 0.4) is 0 Å². The Bertz CT molecular complexity index is 295. The minimum absolute atomic E-state index is 1.36. The molecule has 5 heteroatoms. The average molecular weight is 232 g/mol. The largest absolute Gasteiger partial charge is 0.326 e. The fraction of sp³-hybridized carbons (Fsp3) is 0.750. The van der Waals surface area contributed by atoms with E-state index in [0.717, 1.165) is 0 Å². The number of hydrogen-bond acceptors (Lipinski definition) is 3. The van der Waals surface area contributed by atoms with Crippen LogP contribution in [-0.4, -0.2) is 37.9 Å². The van der Waals surface area contributed by atoms with E-state index < -0.39 is 6.71 Å². The minimum Gasteiger partial charge on any atom is -0.326 e. The Morgan fingerprint density at radius 3 is 1.82 bits per heavy atom. The molecule has 0 radical (unpaired) electrons. The first-order valence-electron chi connectivity index (χ1n) is 6.33. The van der Waals surface area contributed by atoms with Crippen LogP contribution in [0.4, 0.5) is 0 Å². The Balaban J connectivity index is 0.000000325. The highest BCUT2D eigenvalue weighted by Crippen LogP contribution is 2.16. The van der Waals surface area contributed by atoms with Gasteiger partial charge >= 0.3 is 0 Å². The van der Waals surface area contributed by atoms with Gasteiger partial charge in [0.1, 0.15) is 0 Å². The normalized spacial score (nSPS) is 16.2. The van der Waals surface area contributed by atoms with Crippen molar-refractivity contribution < 1.29 is 4.48 Å². The zero-order valence-electron chi connectivity index (χ0n) is 10.9. The Hall–Kier alpha value is -1.51. The summed E-state index contributed by atoms with van der Waals surface area (Å²) in [6, 6.07) is 0. The number of rotatable bonds is 3. The third-order valence-electron chi connectivity index (χ3n) is 3.17. The second-order valence-electron chi connectivity index (χ2n) is 4.86. The van der Waals surface area contributed by atoms with Crippen molar-refractivity contribution >= 4 is 6.71 Å². The smallest absolute Gasteiger partial charge is 0.286 e. The van der Waals surface area contributed by atoms with Crippen LogP contribution in [0.1, 0.15) is 32.6 Å². The van der Waals surface area contributed by atoms with Gasteiger partial charge in [0.2, 0.25) is 0 Å². The maximum Gasteiger partial charge on any atom is 0.286 e. The molecule has 0 unspecified atom stereocenters. The van der Waals surface area contributed by atoms with Gasteiger partial charge in [-0.25, -0.2) is 15.8 Å². The molecule has 1 rings (SSSR count). The lowest BCUT2D eigenvalue weighted by Crippen LogP contribution is -2.41. The first-order chi connectivity index (χ1) is 8.11. The highest BCUT2D eigenvalue weighted by molar-refractivity contribution is 6.81. The molecule has 1 heterocycles. The van der Waals surface area contributed by atoms with E-state index in [1.165, 1.54) is 49.8 Å². The Labute approximate surface area is 105 Å². The maximum absolute atomic E-state index is 7.87. The molecule has 17 heavy (non-hydrogen) atoms. The first-order valence-corrected chi connectivity index (χ1v) is 6.33. The first kappa shape index (κ1) is 15.5. The molecule has 0 spiro atoms. The fourth-order valence-corrected chi connectivity index (χ4v) is 1.97. The van der Waals surface area contributed by atoms with E-state index in [1.54, 1.807) is 17.9 Å². The number of hydrogen-bond donors (Lipinski definition) is 0. The molecule has 0 aromatic heterocycles. The van der Waals surface area contributed by atoms with E-state index in [0.29, 0.717) is 0 Å². The van der Waals surface area contributed by atoms with Crippen molar-refractivity contribution in [2.24, 2.45) is 0 Å². The van der Waals surface area contributed by atoms with Crippen molar-refractivity contribution in [2.75, 3.05) is 26.7 Å².